The number of pyridine rings is 1. The van der Waals surface area contributed by atoms with Gasteiger partial charge in [0.2, 0.25) is 5.91 Å². The molecule has 1 aliphatic carbocycles. The second-order valence-electron chi connectivity index (χ2n) is 10.2. The average Bonchev–Trinajstić information content (AvgIpc) is 3.51. The molecule has 0 radical (unpaired) electrons. The third kappa shape index (κ3) is 4.85. The van der Waals surface area contributed by atoms with Crippen LogP contribution in [-0.4, -0.2) is 71.1 Å². The highest BCUT2D eigenvalue weighted by atomic mass is 19.1. The van der Waals surface area contributed by atoms with E-state index in [1.165, 1.54) is 31.9 Å². The van der Waals surface area contributed by atoms with E-state index >= 15 is 8.78 Å². The number of benzene rings is 1. The standard InChI is InChI=1S/C28H30F2N6O5/c1-5-18(38)35-9-8-15(12-35)36-26-20(25(34-36)19-22(29)16(40-3)10-17(41-4)23(19)30)27(31)33-24(13(2)37)21(26)28(39)32-11-14-6-7-14/h5,10,14-15H,1,6-9,11-12H2,2-4H3,(H2,31,33)(H,32,39)/t15-/m0/s1. The summed E-state index contributed by atoms with van der Waals surface area (Å²) in [5, 5.41) is 7.43. The molecule has 0 bridgehead atoms. The van der Waals surface area contributed by atoms with Gasteiger partial charge < -0.3 is 25.4 Å². The normalized spacial score (nSPS) is 16.6. The van der Waals surface area contributed by atoms with Gasteiger partial charge >= 0.3 is 0 Å². The van der Waals surface area contributed by atoms with Crippen molar-refractivity contribution in [3.63, 3.8) is 0 Å². The van der Waals surface area contributed by atoms with Gasteiger partial charge in [-0.15, -0.1) is 0 Å². The van der Waals surface area contributed by atoms with Gasteiger partial charge in [0.15, 0.2) is 28.9 Å². The first-order valence-electron chi connectivity index (χ1n) is 13.1. The number of ether oxygens (including phenoxy) is 2. The van der Waals surface area contributed by atoms with Crippen LogP contribution in [0.1, 0.15) is 53.1 Å². The zero-order valence-corrected chi connectivity index (χ0v) is 22.9. The number of hydrogen-bond donors (Lipinski definition) is 2. The van der Waals surface area contributed by atoms with E-state index in [1.807, 2.05) is 0 Å². The number of nitrogens with zero attached hydrogens (tertiary/aromatic N) is 4. The van der Waals surface area contributed by atoms with E-state index in [1.54, 1.807) is 4.90 Å². The molecule has 3 N–H and O–H groups in total. The van der Waals surface area contributed by atoms with E-state index in [4.69, 9.17) is 15.2 Å². The number of amides is 2. The highest BCUT2D eigenvalue weighted by molar-refractivity contribution is 6.17. The Labute approximate surface area is 234 Å². The minimum atomic E-state index is -1.07. The van der Waals surface area contributed by atoms with E-state index in [9.17, 15) is 14.4 Å². The Kier molecular flexibility index (Phi) is 7.37. The van der Waals surface area contributed by atoms with Crippen molar-refractivity contribution in [3.8, 4) is 22.8 Å². The molecular formula is C28H30F2N6O5. The number of carbonyl (C=O) groups is 3. The second kappa shape index (κ2) is 10.8. The van der Waals surface area contributed by atoms with Crippen molar-refractivity contribution in [3.05, 3.63) is 41.6 Å². The Morgan fingerprint density at radius 2 is 1.83 bits per heavy atom. The van der Waals surface area contributed by atoms with Crippen LogP contribution in [0.3, 0.4) is 0 Å². The van der Waals surface area contributed by atoms with Gasteiger partial charge in [0.05, 0.1) is 42.3 Å². The summed E-state index contributed by atoms with van der Waals surface area (Å²) in [4.78, 5) is 44.5. The van der Waals surface area contributed by atoms with Crippen molar-refractivity contribution in [1.29, 1.82) is 0 Å². The Morgan fingerprint density at radius 1 is 1.17 bits per heavy atom. The molecule has 3 aromatic rings. The van der Waals surface area contributed by atoms with Crippen molar-refractivity contribution in [1.82, 2.24) is 25.0 Å². The molecule has 41 heavy (non-hydrogen) atoms. The molecule has 13 heteroatoms. The van der Waals surface area contributed by atoms with Gasteiger partial charge in [0, 0.05) is 32.6 Å². The smallest absolute Gasteiger partial charge is 0.255 e. The number of carbonyl (C=O) groups excluding carboxylic acids is 3. The van der Waals surface area contributed by atoms with E-state index in [0.29, 0.717) is 25.4 Å². The van der Waals surface area contributed by atoms with Crippen LogP contribution in [0.5, 0.6) is 11.5 Å². The summed E-state index contributed by atoms with van der Waals surface area (Å²) >= 11 is 0. The summed E-state index contributed by atoms with van der Waals surface area (Å²) in [6, 6.07) is 0.542. The lowest BCUT2D eigenvalue weighted by atomic mass is 10.0. The maximum Gasteiger partial charge on any atom is 0.255 e. The predicted molar refractivity (Wildman–Crippen MR) is 146 cm³/mol. The van der Waals surface area contributed by atoms with Gasteiger partial charge in [-0.2, -0.15) is 5.10 Å². The number of nitrogens with two attached hydrogens (primary N) is 1. The first-order valence-corrected chi connectivity index (χ1v) is 13.1. The monoisotopic (exact) mass is 568 g/mol. The molecule has 11 nitrogen and oxygen atoms in total. The number of halogens is 2. The number of Topliss-reactive ketones (excluding diaryl/α,β-unsaturated/α-hetero) is 1. The van der Waals surface area contributed by atoms with Crippen LogP contribution in [0.15, 0.2) is 18.7 Å². The van der Waals surface area contributed by atoms with Gasteiger partial charge in [-0.05, 0) is 31.3 Å². The number of aromatic nitrogens is 3. The fourth-order valence-electron chi connectivity index (χ4n) is 5.18. The van der Waals surface area contributed by atoms with Gasteiger partial charge in [-0.25, -0.2) is 13.8 Å². The maximum absolute atomic E-state index is 15.8. The summed E-state index contributed by atoms with van der Waals surface area (Å²) in [5.41, 5.74) is 5.28. The minimum absolute atomic E-state index is 0.0202. The molecule has 1 aliphatic heterocycles. The molecule has 2 fully saturated rings. The van der Waals surface area contributed by atoms with Crippen LogP contribution in [0.25, 0.3) is 22.2 Å². The van der Waals surface area contributed by atoms with Crippen LogP contribution in [0.4, 0.5) is 14.6 Å². The number of fused-ring (bicyclic) bond motifs is 1. The summed E-state index contributed by atoms with van der Waals surface area (Å²) in [6.45, 7) is 5.70. The predicted octanol–water partition coefficient (Wildman–Crippen LogP) is 3.28. The topological polar surface area (TPSA) is 142 Å². The number of likely N-dealkylation sites (tertiary alicyclic amines) is 1. The SMILES string of the molecule is C=CC(=O)N1CC[C@H](n2nc(-c3c(F)c(OC)cc(OC)c3F)c3c(N)nc(C(C)=O)c(C(=O)NCC4CC4)c32)C1. The van der Waals surface area contributed by atoms with Crippen LogP contribution in [0.2, 0.25) is 0 Å². The molecule has 1 saturated heterocycles. The molecule has 0 unspecified atom stereocenters. The highest BCUT2D eigenvalue weighted by Crippen LogP contribution is 2.43. The molecule has 5 rings (SSSR count). The fourth-order valence-corrected chi connectivity index (χ4v) is 5.18. The van der Waals surface area contributed by atoms with Crippen LogP contribution in [-0.2, 0) is 4.79 Å². The lowest BCUT2D eigenvalue weighted by Crippen LogP contribution is -2.29. The number of nitrogens with one attached hydrogen (secondary N) is 1. The van der Waals surface area contributed by atoms with E-state index in [-0.39, 0.29) is 57.6 Å². The minimum Gasteiger partial charge on any atom is -0.494 e. The first-order chi connectivity index (χ1) is 19.6. The lowest BCUT2D eigenvalue weighted by molar-refractivity contribution is -0.125. The summed E-state index contributed by atoms with van der Waals surface area (Å²) in [7, 11) is 2.44. The van der Waals surface area contributed by atoms with E-state index < -0.39 is 34.9 Å². The molecule has 3 heterocycles. The second-order valence-corrected chi connectivity index (χ2v) is 10.2. The van der Waals surface area contributed by atoms with E-state index in [2.05, 4.69) is 22.0 Å². The highest BCUT2D eigenvalue weighted by Gasteiger charge is 2.36. The van der Waals surface area contributed by atoms with Gasteiger partial charge in [-0.3, -0.25) is 19.1 Å². The number of ketones is 1. The summed E-state index contributed by atoms with van der Waals surface area (Å²) in [5.74, 6) is -4.08. The average molecular weight is 569 g/mol. The summed E-state index contributed by atoms with van der Waals surface area (Å²) < 4.78 is 43.1. The van der Waals surface area contributed by atoms with Crippen LogP contribution in [0, 0.1) is 17.6 Å². The Morgan fingerprint density at radius 3 is 2.39 bits per heavy atom. The Balaban J connectivity index is 1.84. The number of rotatable bonds is 9. The van der Waals surface area contributed by atoms with Crippen molar-refractivity contribution < 1.29 is 32.6 Å². The number of nitrogen functional groups attached to an aromatic ring is 1. The maximum atomic E-state index is 15.8. The molecule has 2 aromatic heterocycles. The van der Waals surface area contributed by atoms with Crippen molar-refractivity contribution in [2.45, 2.75) is 32.2 Å². The molecule has 0 spiro atoms. The van der Waals surface area contributed by atoms with Crippen molar-refractivity contribution in [2.75, 3.05) is 39.6 Å². The van der Waals surface area contributed by atoms with Crippen LogP contribution < -0.4 is 20.5 Å². The summed E-state index contributed by atoms with van der Waals surface area (Å²) in [6.07, 6.45) is 3.54. The molecule has 216 valence electrons. The zero-order valence-electron chi connectivity index (χ0n) is 22.9. The Hall–Kier alpha value is -4.55. The van der Waals surface area contributed by atoms with Crippen molar-refractivity contribution >= 4 is 34.3 Å². The fraction of sp³-hybridized carbons (Fsp3) is 0.393. The number of anilines is 1. The van der Waals surface area contributed by atoms with E-state index in [0.717, 1.165) is 18.9 Å². The zero-order chi connectivity index (χ0) is 29.6. The number of methoxy groups -OCH3 is 2. The third-order valence-corrected chi connectivity index (χ3v) is 7.49. The molecule has 1 atom stereocenters. The molecule has 1 saturated carbocycles. The molecule has 2 aliphatic rings. The molecule has 1 aromatic carbocycles. The number of hydrogen-bond acceptors (Lipinski definition) is 8. The quantitative estimate of drug-likeness (QED) is 0.296. The van der Waals surface area contributed by atoms with Gasteiger partial charge in [0.1, 0.15) is 17.2 Å². The van der Waals surface area contributed by atoms with Gasteiger partial charge in [-0.1, -0.05) is 6.58 Å². The largest absolute Gasteiger partial charge is 0.494 e. The Bertz CT molecular complexity index is 1570. The first kappa shape index (κ1) is 28.0. The van der Waals surface area contributed by atoms with Crippen molar-refractivity contribution in [2.24, 2.45) is 5.92 Å². The third-order valence-electron chi connectivity index (χ3n) is 7.49. The molecular weight excluding hydrogens is 538 g/mol. The van der Waals surface area contributed by atoms with Gasteiger partial charge in [0.25, 0.3) is 5.91 Å². The lowest BCUT2D eigenvalue weighted by Gasteiger charge is -2.17. The molecule has 2 amide bonds. The van der Waals surface area contributed by atoms with Crippen LogP contribution >= 0.6 is 0 Å².